The third-order valence-corrected chi connectivity index (χ3v) is 4.82. The van der Waals surface area contributed by atoms with E-state index in [9.17, 15) is 4.79 Å². The average molecular weight is 358 g/mol. The van der Waals surface area contributed by atoms with Gasteiger partial charge in [-0.25, -0.2) is 9.97 Å². The number of amides is 1. The highest BCUT2D eigenvalue weighted by Crippen LogP contribution is 2.33. The van der Waals surface area contributed by atoms with Crippen LogP contribution < -0.4 is 4.90 Å². The first-order valence-corrected chi connectivity index (χ1v) is 9.12. The second kappa shape index (κ2) is 7.19. The van der Waals surface area contributed by atoms with Crippen molar-refractivity contribution >= 4 is 17.4 Å². The standard InChI is InChI=1S/C22H22N4O/c1-16-23-19(22(27)25(2)15-17-8-4-3-5-9-17)14-21(24-16)26-13-12-18-10-6-7-11-20(18)26/h3-11,14H,12-13,15H2,1-2H3. The number of carbonyl (C=O) groups is 1. The summed E-state index contributed by atoms with van der Waals surface area (Å²) >= 11 is 0. The van der Waals surface area contributed by atoms with Gasteiger partial charge in [0.1, 0.15) is 17.3 Å². The molecule has 27 heavy (non-hydrogen) atoms. The zero-order chi connectivity index (χ0) is 18.8. The molecule has 5 nitrogen and oxygen atoms in total. The van der Waals surface area contributed by atoms with E-state index in [1.165, 1.54) is 5.56 Å². The zero-order valence-corrected chi connectivity index (χ0v) is 15.6. The van der Waals surface area contributed by atoms with Gasteiger partial charge in [0.15, 0.2) is 0 Å². The first kappa shape index (κ1) is 17.2. The summed E-state index contributed by atoms with van der Waals surface area (Å²) in [6.07, 6.45) is 0.983. The summed E-state index contributed by atoms with van der Waals surface area (Å²) in [5.74, 6) is 1.29. The zero-order valence-electron chi connectivity index (χ0n) is 15.6. The third-order valence-electron chi connectivity index (χ3n) is 4.82. The van der Waals surface area contributed by atoms with E-state index in [1.54, 1.807) is 18.0 Å². The molecular formula is C22H22N4O. The van der Waals surface area contributed by atoms with Gasteiger partial charge in [-0.05, 0) is 30.5 Å². The summed E-state index contributed by atoms with van der Waals surface area (Å²) in [7, 11) is 1.80. The molecule has 2 aromatic carbocycles. The maximum Gasteiger partial charge on any atom is 0.272 e. The first-order chi connectivity index (χ1) is 13.1. The molecule has 0 atom stereocenters. The van der Waals surface area contributed by atoms with Gasteiger partial charge in [-0.15, -0.1) is 0 Å². The summed E-state index contributed by atoms with van der Waals surface area (Å²) in [4.78, 5) is 25.8. The van der Waals surface area contributed by atoms with Crippen LogP contribution >= 0.6 is 0 Å². The molecule has 0 unspecified atom stereocenters. The van der Waals surface area contributed by atoms with E-state index in [1.807, 2.05) is 43.3 Å². The minimum atomic E-state index is -0.0990. The lowest BCUT2D eigenvalue weighted by molar-refractivity contribution is 0.0779. The molecule has 0 saturated heterocycles. The van der Waals surface area contributed by atoms with E-state index >= 15 is 0 Å². The van der Waals surface area contributed by atoms with Gasteiger partial charge in [0.2, 0.25) is 0 Å². The Labute approximate surface area is 159 Å². The van der Waals surface area contributed by atoms with Crippen LogP contribution in [0.4, 0.5) is 11.5 Å². The second-order valence-electron chi connectivity index (χ2n) is 6.84. The molecule has 0 spiro atoms. The molecule has 2 heterocycles. The Kier molecular flexibility index (Phi) is 4.59. The molecule has 1 aliphatic heterocycles. The van der Waals surface area contributed by atoms with Gasteiger partial charge in [0.05, 0.1) is 0 Å². The summed E-state index contributed by atoms with van der Waals surface area (Å²) in [5, 5.41) is 0. The molecule has 3 aromatic rings. The molecule has 0 aliphatic carbocycles. The number of anilines is 2. The monoisotopic (exact) mass is 358 g/mol. The molecule has 0 bridgehead atoms. The number of para-hydroxylation sites is 1. The second-order valence-corrected chi connectivity index (χ2v) is 6.84. The van der Waals surface area contributed by atoms with Crippen molar-refractivity contribution in [2.45, 2.75) is 19.9 Å². The molecule has 1 aromatic heterocycles. The fourth-order valence-electron chi connectivity index (χ4n) is 3.50. The van der Waals surface area contributed by atoms with Crippen LogP contribution in [-0.2, 0) is 13.0 Å². The summed E-state index contributed by atoms with van der Waals surface area (Å²) < 4.78 is 0. The predicted molar refractivity (Wildman–Crippen MR) is 106 cm³/mol. The highest BCUT2D eigenvalue weighted by atomic mass is 16.2. The maximum absolute atomic E-state index is 12.9. The van der Waals surface area contributed by atoms with E-state index in [-0.39, 0.29) is 5.91 Å². The third kappa shape index (κ3) is 3.53. The van der Waals surface area contributed by atoms with Crippen LogP contribution in [0.1, 0.15) is 27.4 Å². The van der Waals surface area contributed by atoms with E-state index in [4.69, 9.17) is 0 Å². The highest BCUT2D eigenvalue weighted by molar-refractivity contribution is 5.93. The van der Waals surface area contributed by atoms with Crippen molar-refractivity contribution in [3.8, 4) is 0 Å². The van der Waals surface area contributed by atoms with Crippen LogP contribution in [0.2, 0.25) is 0 Å². The first-order valence-electron chi connectivity index (χ1n) is 9.12. The van der Waals surface area contributed by atoms with E-state index in [0.29, 0.717) is 18.1 Å². The number of carbonyl (C=O) groups excluding carboxylic acids is 1. The minimum absolute atomic E-state index is 0.0990. The molecule has 5 heteroatoms. The van der Waals surface area contributed by atoms with Crippen molar-refractivity contribution in [2.75, 3.05) is 18.5 Å². The Morgan fingerprint density at radius 1 is 1.07 bits per heavy atom. The average Bonchev–Trinajstić information content (AvgIpc) is 3.12. The Morgan fingerprint density at radius 3 is 2.63 bits per heavy atom. The lowest BCUT2D eigenvalue weighted by atomic mass is 10.2. The van der Waals surface area contributed by atoms with Gasteiger partial charge in [0.25, 0.3) is 5.91 Å². The summed E-state index contributed by atoms with van der Waals surface area (Å²) in [6.45, 7) is 3.24. The topological polar surface area (TPSA) is 49.3 Å². The number of nitrogens with zero attached hydrogens (tertiary/aromatic N) is 4. The Bertz CT molecular complexity index is 971. The number of fused-ring (bicyclic) bond motifs is 1. The van der Waals surface area contributed by atoms with E-state index in [2.05, 4.69) is 33.1 Å². The molecule has 0 saturated carbocycles. The van der Waals surface area contributed by atoms with Gasteiger partial charge in [0, 0.05) is 31.9 Å². The number of aromatic nitrogens is 2. The molecule has 0 fully saturated rings. The van der Waals surface area contributed by atoms with Crippen LogP contribution in [0.15, 0.2) is 60.7 Å². The minimum Gasteiger partial charge on any atom is -0.336 e. The Balaban J connectivity index is 1.60. The number of rotatable bonds is 4. The molecular weight excluding hydrogens is 336 g/mol. The SMILES string of the molecule is Cc1nc(C(=O)N(C)Cc2ccccc2)cc(N2CCc3ccccc32)n1. The van der Waals surface area contributed by atoms with Crippen LogP contribution in [0.5, 0.6) is 0 Å². The van der Waals surface area contributed by atoms with Crippen LogP contribution in [0.3, 0.4) is 0 Å². The van der Waals surface area contributed by atoms with Gasteiger partial charge in [-0.2, -0.15) is 0 Å². The summed E-state index contributed by atoms with van der Waals surface area (Å²) in [5.41, 5.74) is 3.99. The number of hydrogen-bond acceptors (Lipinski definition) is 4. The Morgan fingerprint density at radius 2 is 1.81 bits per heavy atom. The van der Waals surface area contributed by atoms with Crippen molar-refractivity contribution < 1.29 is 4.79 Å². The Hall–Kier alpha value is -3.21. The van der Waals surface area contributed by atoms with Crippen molar-refractivity contribution in [3.05, 3.63) is 83.3 Å². The van der Waals surface area contributed by atoms with E-state index in [0.717, 1.165) is 30.0 Å². The highest BCUT2D eigenvalue weighted by Gasteiger charge is 2.23. The quantitative estimate of drug-likeness (QED) is 0.713. The lowest BCUT2D eigenvalue weighted by Gasteiger charge is -2.21. The molecule has 1 aliphatic rings. The fraction of sp³-hybridized carbons (Fsp3) is 0.227. The van der Waals surface area contributed by atoms with Crippen LogP contribution in [0, 0.1) is 6.92 Å². The van der Waals surface area contributed by atoms with Crippen molar-refractivity contribution in [1.82, 2.24) is 14.9 Å². The van der Waals surface area contributed by atoms with Gasteiger partial charge in [-0.3, -0.25) is 4.79 Å². The fourth-order valence-corrected chi connectivity index (χ4v) is 3.50. The largest absolute Gasteiger partial charge is 0.336 e. The van der Waals surface area contributed by atoms with Crippen molar-refractivity contribution in [1.29, 1.82) is 0 Å². The molecule has 136 valence electrons. The number of hydrogen-bond donors (Lipinski definition) is 0. The normalized spacial score (nSPS) is 12.7. The summed E-state index contributed by atoms with van der Waals surface area (Å²) in [6, 6.07) is 20.1. The maximum atomic E-state index is 12.9. The predicted octanol–water partition coefficient (Wildman–Crippen LogP) is 3.75. The van der Waals surface area contributed by atoms with E-state index < -0.39 is 0 Å². The smallest absolute Gasteiger partial charge is 0.272 e. The van der Waals surface area contributed by atoms with Gasteiger partial charge in [-0.1, -0.05) is 48.5 Å². The number of aryl methyl sites for hydroxylation is 1. The lowest BCUT2D eigenvalue weighted by Crippen LogP contribution is -2.28. The van der Waals surface area contributed by atoms with Crippen molar-refractivity contribution in [2.24, 2.45) is 0 Å². The van der Waals surface area contributed by atoms with Crippen LogP contribution in [-0.4, -0.2) is 34.4 Å². The van der Waals surface area contributed by atoms with Crippen molar-refractivity contribution in [3.63, 3.8) is 0 Å². The number of benzene rings is 2. The van der Waals surface area contributed by atoms with Gasteiger partial charge < -0.3 is 9.80 Å². The molecule has 4 rings (SSSR count). The molecule has 0 radical (unpaired) electrons. The molecule has 1 amide bonds. The molecule has 0 N–H and O–H groups in total. The van der Waals surface area contributed by atoms with Crippen LogP contribution in [0.25, 0.3) is 0 Å². The van der Waals surface area contributed by atoms with Gasteiger partial charge >= 0.3 is 0 Å².